The van der Waals surface area contributed by atoms with Crippen LogP contribution >= 0.6 is 38.9 Å². The van der Waals surface area contributed by atoms with Crippen molar-refractivity contribution in [2.45, 2.75) is 50.4 Å². The van der Waals surface area contributed by atoms with Gasteiger partial charge in [-0.05, 0) is 54.7 Å². The van der Waals surface area contributed by atoms with E-state index in [1.54, 1.807) is 11.3 Å². The van der Waals surface area contributed by atoms with Crippen molar-refractivity contribution in [2.24, 2.45) is 0 Å². The molecule has 0 radical (unpaired) electrons. The zero-order valence-corrected chi connectivity index (χ0v) is 13.6. The van der Waals surface area contributed by atoms with Gasteiger partial charge in [0.15, 0.2) is 0 Å². The van der Waals surface area contributed by atoms with Crippen molar-refractivity contribution < 1.29 is 0 Å². The van der Waals surface area contributed by atoms with E-state index < -0.39 is 0 Å². The molecular formula is C13H18BrClN2S. The van der Waals surface area contributed by atoms with Gasteiger partial charge < -0.3 is 5.32 Å². The summed E-state index contributed by atoms with van der Waals surface area (Å²) in [6, 6.07) is 4.40. The molecule has 100 valence electrons. The van der Waals surface area contributed by atoms with Crippen LogP contribution in [0, 0.1) is 0 Å². The molecule has 1 aromatic rings. The van der Waals surface area contributed by atoms with E-state index in [-0.39, 0.29) is 0 Å². The maximum atomic E-state index is 6.10. The first-order chi connectivity index (χ1) is 8.61. The normalized spacial score (nSPS) is 31.2. The van der Waals surface area contributed by atoms with Crippen molar-refractivity contribution in [3.05, 3.63) is 19.8 Å². The highest BCUT2D eigenvalue weighted by Crippen LogP contribution is 2.34. The number of thiophene rings is 1. The second kappa shape index (κ2) is 5.41. The molecule has 1 N–H and O–H groups in total. The molecule has 18 heavy (non-hydrogen) atoms. The zero-order valence-electron chi connectivity index (χ0n) is 10.5. The van der Waals surface area contributed by atoms with E-state index in [9.17, 15) is 0 Å². The summed E-state index contributed by atoms with van der Waals surface area (Å²) in [4.78, 5) is 3.85. The number of hydrogen-bond donors (Lipinski definition) is 1. The monoisotopic (exact) mass is 348 g/mol. The molecule has 5 heteroatoms. The van der Waals surface area contributed by atoms with Crippen LogP contribution in [0.1, 0.15) is 30.6 Å². The summed E-state index contributed by atoms with van der Waals surface area (Å²) in [5, 5.41) is 3.70. The van der Waals surface area contributed by atoms with Crippen LogP contribution in [0.3, 0.4) is 0 Å². The Kier molecular flexibility index (Phi) is 4.02. The van der Waals surface area contributed by atoms with Gasteiger partial charge in [0.25, 0.3) is 0 Å². The Morgan fingerprint density at radius 1 is 1.44 bits per heavy atom. The second-order valence-electron chi connectivity index (χ2n) is 5.51. The molecule has 3 heterocycles. The molecule has 0 aliphatic carbocycles. The van der Waals surface area contributed by atoms with E-state index in [1.807, 2.05) is 0 Å². The minimum Gasteiger partial charge on any atom is -0.311 e. The number of nitrogens with zero attached hydrogens (tertiary/aromatic N) is 1. The molecule has 2 unspecified atom stereocenters. The Labute approximate surface area is 126 Å². The Morgan fingerprint density at radius 3 is 2.67 bits per heavy atom. The van der Waals surface area contributed by atoms with Gasteiger partial charge in [0.2, 0.25) is 0 Å². The van der Waals surface area contributed by atoms with Gasteiger partial charge in [-0.25, -0.2) is 0 Å². The number of fused-ring (bicyclic) bond motifs is 2. The largest absolute Gasteiger partial charge is 0.311 e. The highest BCUT2D eigenvalue weighted by molar-refractivity contribution is 9.10. The number of halogens is 2. The first-order valence-electron chi connectivity index (χ1n) is 6.52. The SMILES string of the molecule is CN(Cc1cc(Br)c(Cl)s1)C1CC2CCC(C1)N2. The van der Waals surface area contributed by atoms with E-state index in [0.29, 0.717) is 0 Å². The molecular weight excluding hydrogens is 332 g/mol. The smallest absolute Gasteiger partial charge is 0.107 e. The predicted octanol–water partition coefficient (Wildman–Crippen LogP) is 3.88. The van der Waals surface area contributed by atoms with Gasteiger partial charge in [-0.3, -0.25) is 4.90 Å². The van der Waals surface area contributed by atoms with Gasteiger partial charge in [0, 0.05) is 34.0 Å². The van der Waals surface area contributed by atoms with E-state index in [1.165, 1.54) is 30.6 Å². The summed E-state index contributed by atoms with van der Waals surface area (Å²) >= 11 is 11.3. The number of nitrogens with one attached hydrogen (secondary N) is 1. The van der Waals surface area contributed by atoms with Crippen LogP contribution in [0.4, 0.5) is 0 Å². The van der Waals surface area contributed by atoms with Crippen molar-refractivity contribution >= 4 is 38.9 Å². The van der Waals surface area contributed by atoms with Gasteiger partial charge in [-0.2, -0.15) is 0 Å². The van der Waals surface area contributed by atoms with Crippen molar-refractivity contribution in [3.63, 3.8) is 0 Å². The van der Waals surface area contributed by atoms with E-state index in [2.05, 4.69) is 39.3 Å². The van der Waals surface area contributed by atoms with Crippen molar-refractivity contribution in [3.8, 4) is 0 Å². The van der Waals surface area contributed by atoms with Gasteiger partial charge >= 0.3 is 0 Å². The van der Waals surface area contributed by atoms with E-state index >= 15 is 0 Å². The van der Waals surface area contributed by atoms with Gasteiger partial charge in [0.1, 0.15) is 4.34 Å². The van der Waals surface area contributed by atoms with Gasteiger partial charge in [0.05, 0.1) is 0 Å². The lowest BCUT2D eigenvalue weighted by Crippen LogP contribution is -2.46. The third kappa shape index (κ3) is 2.78. The van der Waals surface area contributed by atoms with Crippen LogP contribution in [0.25, 0.3) is 0 Å². The molecule has 0 saturated carbocycles. The van der Waals surface area contributed by atoms with Gasteiger partial charge in [-0.1, -0.05) is 11.6 Å². The molecule has 0 aromatic carbocycles. The summed E-state index contributed by atoms with van der Waals surface area (Å²) < 4.78 is 1.90. The summed E-state index contributed by atoms with van der Waals surface area (Å²) in [5.41, 5.74) is 0. The van der Waals surface area contributed by atoms with E-state index in [0.717, 1.165) is 33.5 Å². The molecule has 2 nitrogen and oxygen atoms in total. The predicted molar refractivity (Wildman–Crippen MR) is 81.5 cm³/mol. The number of piperidine rings is 1. The van der Waals surface area contributed by atoms with Crippen molar-refractivity contribution in [1.29, 1.82) is 0 Å². The quantitative estimate of drug-likeness (QED) is 0.891. The van der Waals surface area contributed by atoms with E-state index in [4.69, 9.17) is 11.6 Å². The molecule has 0 spiro atoms. The maximum absolute atomic E-state index is 6.10. The topological polar surface area (TPSA) is 15.3 Å². The zero-order chi connectivity index (χ0) is 12.7. The third-order valence-corrected chi connectivity index (χ3v) is 6.63. The molecule has 2 atom stereocenters. The average molecular weight is 350 g/mol. The van der Waals surface area contributed by atoms with Crippen LogP contribution in [0.5, 0.6) is 0 Å². The first-order valence-corrected chi connectivity index (χ1v) is 8.50. The molecule has 2 aliphatic heterocycles. The molecule has 0 amide bonds. The van der Waals surface area contributed by atoms with Crippen LogP contribution in [0.2, 0.25) is 4.34 Å². The summed E-state index contributed by atoms with van der Waals surface area (Å²) in [6.45, 7) is 1.01. The Morgan fingerprint density at radius 2 is 2.11 bits per heavy atom. The fraction of sp³-hybridized carbons (Fsp3) is 0.692. The second-order valence-corrected chi connectivity index (χ2v) is 8.11. The molecule has 1 aromatic heterocycles. The Hall–Kier alpha value is 0.390. The van der Waals surface area contributed by atoms with Crippen LogP contribution in [-0.2, 0) is 6.54 Å². The Balaban J connectivity index is 1.62. The van der Waals surface area contributed by atoms with Crippen LogP contribution < -0.4 is 5.32 Å². The first kappa shape index (κ1) is 13.4. The average Bonchev–Trinajstić information content (AvgIpc) is 2.82. The molecule has 2 fully saturated rings. The standard InChI is InChI=1S/C13H18BrClN2S/c1-17(7-11-6-12(14)13(15)18-11)10-4-8-2-3-9(5-10)16-8/h6,8-10,16H,2-5,7H2,1H3. The highest BCUT2D eigenvalue weighted by atomic mass is 79.9. The lowest BCUT2D eigenvalue weighted by molar-refractivity contribution is 0.167. The van der Waals surface area contributed by atoms with Crippen LogP contribution in [-0.4, -0.2) is 30.1 Å². The van der Waals surface area contributed by atoms with Crippen LogP contribution in [0.15, 0.2) is 10.5 Å². The molecule has 2 bridgehead atoms. The molecule has 2 aliphatic rings. The lowest BCUT2D eigenvalue weighted by Gasteiger charge is -2.35. The Bertz CT molecular complexity index is 405. The maximum Gasteiger partial charge on any atom is 0.107 e. The minimum absolute atomic E-state index is 0.725. The summed E-state index contributed by atoms with van der Waals surface area (Å²) in [6.07, 6.45) is 5.33. The van der Waals surface area contributed by atoms with Crippen molar-refractivity contribution in [2.75, 3.05) is 7.05 Å². The number of hydrogen-bond acceptors (Lipinski definition) is 3. The molecule has 2 saturated heterocycles. The summed E-state index contributed by atoms with van der Waals surface area (Å²) in [5.74, 6) is 0. The summed E-state index contributed by atoms with van der Waals surface area (Å²) in [7, 11) is 2.25. The fourth-order valence-corrected chi connectivity index (χ4v) is 5.09. The highest BCUT2D eigenvalue weighted by Gasteiger charge is 2.35. The molecule has 3 rings (SSSR count). The fourth-order valence-electron chi connectivity index (χ4n) is 3.23. The lowest BCUT2D eigenvalue weighted by atomic mass is 9.98. The minimum atomic E-state index is 0.725. The number of rotatable bonds is 3. The van der Waals surface area contributed by atoms with Gasteiger partial charge in [-0.15, -0.1) is 11.3 Å². The third-order valence-electron chi connectivity index (χ3n) is 4.17. The van der Waals surface area contributed by atoms with Crippen molar-refractivity contribution in [1.82, 2.24) is 10.2 Å².